The van der Waals surface area contributed by atoms with Gasteiger partial charge in [-0.15, -0.1) is 11.3 Å². The Morgan fingerprint density at radius 3 is 2.36 bits per heavy atom. The van der Waals surface area contributed by atoms with Crippen molar-refractivity contribution in [2.75, 3.05) is 6.54 Å². The van der Waals surface area contributed by atoms with Crippen molar-refractivity contribution < 1.29 is 29.0 Å². The van der Waals surface area contributed by atoms with Gasteiger partial charge < -0.3 is 31.1 Å². The number of hydrogen-bond donors (Lipinski definition) is 4. The van der Waals surface area contributed by atoms with Crippen LogP contribution in [0.5, 0.6) is 0 Å². The highest BCUT2D eigenvalue weighted by molar-refractivity contribution is 7.13. The van der Waals surface area contributed by atoms with Crippen LogP contribution < -0.4 is 16.4 Å². The van der Waals surface area contributed by atoms with Crippen LogP contribution in [0.3, 0.4) is 0 Å². The number of ether oxygens (including phenoxy) is 1. The van der Waals surface area contributed by atoms with Crippen molar-refractivity contribution in [2.45, 2.75) is 111 Å². The number of hydrogen-bond acceptors (Lipinski definition) is 8. The molecule has 5 atom stereocenters. The maximum absolute atomic E-state index is 13.9. The van der Waals surface area contributed by atoms with Crippen LogP contribution in [0.2, 0.25) is 0 Å². The highest BCUT2D eigenvalue weighted by Crippen LogP contribution is 2.28. The zero-order valence-electron chi connectivity index (χ0n) is 31.8. The second kappa shape index (κ2) is 19.1. The third kappa shape index (κ3) is 12.3. The minimum atomic E-state index is -0.883. The number of aryl methyl sites for hydroxylation is 1. The minimum absolute atomic E-state index is 0.00434. The van der Waals surface area contributed by atoms with Gasteiger partial charge in [-0.2, -0.15) is 0 Å². The Labute approximate surface area is 317 Å². The lowest BCUT2D eigenvalue weighted by Crippen LogP contribution is -2.57. The predicted octanol–water partition coefficient (Wildman–Crippen LogP) is 5.53. The van der Waals surface area contributed by atoms with E-state index < -0.39 is 23.6 Å². The van der Waals surface area contributed by atoms with Crippen LogP contribution in [0.25, 0.3) is 16.5 Å². The lowest BCUT2D eigenvalue weighted by Gasteiger charge is -2.35. The van der Waals surface area contributed by atoms with Gasteiger partial charge in [0.25, 0.3) is 0 Å². The van der Waals surface area contributed by atoms with Crippen LogP contribution in [-0.2, 0) is 37.1 Å². The molecule has 1 aliphatic heterocycles. The first-order valence-corrected chi connectivity index (χ1v) is 19.2. The van der Waals surface area contributed by atoms with Gasteiger partial charge in [0, 0.05) is 32.4 Å². The summed E-state index contributed by atoms with van der Waals surface area (Å²) in [7, 11) is 0. The third-order valence-corrected chi connectivity index (χ3v) is 10.7. The van der Waals surface area contributed by atoms with Crippen LogP contribution >= 0.6 is 11.3 Å². The minimum Gasteiger partial charge on any atom is -0.391 e. The lowest BCUT2D eigenvalue weighted by atomic mass is 9.85. The highest BCUT2D eigenvalue weighted by Gasteiger charge is 2.44. The predicted molar refractivity (Wildman–Crippen MR) is 208 cm³/mol. The Bertz CT molecular complexity index is 1720. The molecule has 0 bridgehead atoms. The number of aliphatic hydroxyl groups is 1. The molecule has 5 N–H and O–H groups in total. The summed E-state index contributed by atoms with van der Waals surface area (Å²) in [5.74, 6) is -1.09. The van der Waals surface area contributed by atoms with Gasteiger partial charge in [-0.05, 0) is 60.3 Å². The molecule has 0 unspecified atom stereocenters. The topological polar surface area (TPSA) is 164 Å². The quantitative estimate of drug-likeness (QED) is 0.141. The molecule has 53 heavy (non-hydrogen) atoms. The van der Waals surface area contributed by atoms with Crippen molar-refractivity contribution in [1.82, 2.24) is 20.5 Å². The molecule has 3 aromatic rings. The number of β-amino-alcohol motifs (C(OH)–C–C–N with tert-alkyl or cyclic N) is 1. The monoisotopic (exact) mass is 745 g/mol. The normalized spacial score (nSPS) is 17.8. The first kappa shape index (κ1) is 41.4. The SMILES string of the molecule is Cc1ncsc1-c1ccc(CNC(=O)[C@@H]2C[C@@H](O)CN2C(=O)[C@@H](NC(=O)CC/C=C/c2ccc(CO[C@H](C)[C@@H](C)CCC(N)=O)cc2)C(C)(C)C)cc1. The number of amides is 4. The molecule has 12 heteroatoms. The Morgan fingerprint density at radius 2 is 1.74 bits per heavy atom. The van der Waals surface area contributed by atoms with E-state index in [9.17, 15) is 24.3 Å². The van der Waals surface area contributed by atoms with E-state index in [0.29, 0.717) is 25.9 Å². The zero-order chi connectivity index (χ0) is 38.7. The van der Waals surface area contributed by atoms with Crippen LogP contribution in [0, 0.1) is 18.3 Å². The number of nitrogens with two attached hydrogens (primary N) is 1. The molecular formula is C41H55N5O6S. The number of primary amides is 1. The van der Waals surface area contributed by atoms with E-state index in [-0.39, 0.29) is 61.6 Å². The molecule has 1 aliphatic rings. The fraction of sp³-hybridized carbons (Fsp3) is 0.488. The van der Waals surface area contributed by atoms with E-state index in [1.54, 1.807) is 11.3 Å². The van der Waals surface area contributed by atoms with Crippen molar-refractivity contribution >= 4 is 41.0 Å². The van der Waals surface area contributed by atoms with Crippen LogP contribution in [0.15, 0.2) is 60.1 Å². The van der Waals surface area contributed by atoms with Gasteiger partial charge in [-0.1, -0.05) is 88.4 Å². The Morgan fingerprint density at radius 1 is 1.06 bits per heavy atom. The number of thiazole rings is 1. The number of nitrogens with zero attached hydrogens (tertiary/aromatic N) is 2. The summed E-state index contributed by atoms with van der Waals surface area (Å²) in [6.45, 7) is 12.4. The van der Waals surface area contributed by atoms with Gasteiger partial charge in [-0.25, -0.2) is 4.98 Å². The Balaban J connectivity index is 1.26. The number of carbonyl (C=O) groups is 4. The lowest BCUT2D eigenvalue weighted by molar-refractivity contribution is -0.144. The summed E-state index contributed by atoms with van der Waals surface area (Å²) in [5.41, 5.74) is 11.4. The molecule has 286 valence electrons. The van der Waals surface area contributed by atoms with Gasteiger partial charge in [0.1, 0.15) is 12.1 Å². The van der Waals surface area contributed by atoms with Crippen molar-refractivity contribution in [3.8, 4) is 10.4 Å². The molecular weight excluding hydrogens is 691 g/mol. The zero-order valence-corrected chi connectivity index (χ0v) is 32.6. The molecule has 1 aromatic heterocycles. The molecule has 1 saturated heterocycles. The highest BCUT2D eigenvalue weighted by atomic mass is 32.1. The molecule has 0 radical (unpaired) electrons. The van der Waals surface area contributed by atoms with Gasteiger partial charge in [0.15, 0.2) is 0 Å². The van der Waals surface area contributed by atoms with Gasteiger partial charge in [0.05, 0.1) is 34.9 Å². The van der Waals surface area contributed by atoms with Crippen molar-refractivity contribution in [3.63, 3.8) is 0 Å². The fourth-order valence-electron chi connectivity index (χ4n) is 6.17. The van der Waals surface area contributed by atoms with Crippen LogP contribution in [-0.4, -0.2) is 69.5 Å². The molecule has 4 rings (SSSR count). The largest absolute Gasteiger partial charge is 0.391 e. The maximum Gasteiger partial charge on any atom is 0.246 e. The fourth-order valence-corrected chi connectivity index (χ4v) is 6.98. The molecule has 2 heterocycles. The number of likely N-dealkylation sites (tertiary alicyclic amines) is 1. The Hall–Kier alpha value is -4.39. The number of aliphatic hydroxyl groups excluding tert-OH is 1. The molecule has 0 saturated carbocycles. The average Bonchev–Trinajstić information content (AvgIpc) is 3.74. The summed E-state index contributed by atoms with van der Waals surface area (Å²) < 4.78 is 5.98. The van der Waals surface area contributed by atoms with Crippen molar-refractivity contribution in [2.24, 2.45) is 17.1 Å². The number of benzene rings is 2. The van der Waals surface area contributed by atoms with E-state index in [1.807, 2.05) is 108 Å². The Kier molecular flexibility index (Phi) is 14.9. The number of rotatable bonds is 17. The van der Waals surface area contributed by atoms with Crippen molar-refractivity contribution in [3.05, 3.63) is 82.5 Å². The molecule has 11 nitrogen and oxygen atoms in total. The molecule has 2 aromatic carbocycles. The van der Waals surface area contributed by atoms with E-state index in [2.05, 4.69) is 15.6 Å². The summed E-state index contributed by atoms with van der Waals surface area (Å²) in [6, 6.07) is 14.1. The van der Waals surface area contributed by atoms with Gasteiger partial charge in [-0.3, -0.25) is 19.2 Å². The standard InChI is InChI=1S/C41H55N5O6S/c1-26(11-20-35(42)48)28(3)52-24-31-14-12-29(13-15-31)9-7-8-10-36(49)45-38(41(4,5)6)40(51)46-23-33(47)21-34(46)39(50)43-22-30-16-18-32(19-17-30)37-27(2)44-25-53-37/h7,9,12-19,25-26,28,33-34,38,47H,8,10-11,20-24H2,1-6H3,(H2,42,48)(H,43,50)(H,45,49)/b9-7+/t26-,28+,33+,34-,38+/m0/s1. The first-order chi connectivity index (χ1) is 25.1. The van der Waals surface area contributed by atoms with Crippen LogP contribution in [0.1, 0.15) is 89.1 Å². The third-order valence-electron chi connectivity index (χ3n) is 9.70. The molecule has 4 amide bonds. The van der Waals surface area contributed by atoms with E-state index in [0.717, 1.165) is 32.8 Å². The molecule has 0 spiro atoms. The van der Waals surface area contributed by atoms with E-state index >= 15 is 0 Å². The summed E-state index contributed by atoms with van der Waals surface area (Å²) in [5, 5.41) is 16.4. The summed E-state index contributed by atoms with van der Waals surface area (Å²) >= 11 is 1.58. The average molecular weight is 746 g/mol. The number of aromatic nitrogens is 1. The van der Waals surface area contributed by atoms with Gasteiger partial charge in [0.2, 0.25) is 23.6 Å². The van der Waals surface area contributed by atoms with Crippen LogP contribution in [0.4, 0.5) is 0 Å². The van der Waals surface area contributed by atoms with Crippen molar-refractivity contribution in [1.29, 1.82) is 0 Å². The van der Waals surface area contributed by atoms with E-state index in [4.69, 9.17) is 10.5 Å². The second-order valence-corrected chi connectivity index (χ2v) is 16.0. The second-order valence-electron chi connectivity index (χ2n) is 15.1. The maximum atomic E-state index is 13.9. The summed E-state index contributed by atoms with van der Waals surface area (Å²) in [4.78, 5) is 58.3. The number of allylic oxidation sites excluding steroid dienone is 1. The van der Waals surface area contributed by atoms with Gasteiger partial charge >= 0.3 is 0 Å². The first-order valence-electron chi connectivity index (χ1n) is 18.3. The number of carbonyl (C=O) groups excluding carboxylic acids is 4. The molecule has 0 aliphatic carbocycles. The summed E-state index contributed by atoms with van der Waals surface area (Å²) in [6.07, 6.45) is 4.85. The number of nitrogens with one attached hydrogen (secondary N) is 2. The van der Waals surface area contributed by atoms with E-state index in [1.165, 1.54) is 4.90 Å². The smallest absolute Gasteiger partial charge is 0.246 e. The molecule has 1 fully saturated rings.